The minimum atomic E-state index is -0.343. The third-order valence-corrected chi connectivity index (χ3v) is 3.56. The number of rotatable bonds is 6. The van der Waals surface area contributed by atoms with E-state index in [9.17, 15) is 14.4 Å². The van der Waals surface area contributed by atoms with Crippen LogP contribution in [0.15, 0.2) is 35.3 Å². The van der Waals surface area contributed by atoms with Crippen molar-refractivity contribution in [2.45, 2.75) is 33.4 Å². The van der Waals surface area contributed by atoms with Crippen molar-refractivity contribution in [1.82, 2.24) is 19.8 Å². The topological polar surface area (TPSA) is 84.3 Å². The van der Waals surface area contributed by atoms with Gasteiger partial charge in [-0.05, 0) is 32.9 Å². The van der Waals surface area contributed by atoms with Crippen LogP contribution in [-0.2, 0) is 16.1 Å². The van der Waals surface area contributed by atoms with Crippen molar-refractivity contribution in [2.24, 2.45) is 0 Å². The molecule has 0 fully saturated rings. The van der Waals surface area contributed by atoms with Gasteiger partial charge in [-0.3, -0.25) is 19.0 Å². The maximum Gasteiger partial charge on any atom is 0.269 e. The Bertz CT molecular complexity index is 798. The number of nitrogens with one attached hydrogen (secondary N) is 1. The lowest BCUT2D eigenvalue weighted by Crippen LogP contribution is -2.44. The zero-order chi connectivity index (χ0) is 17.7. The van der Waals surface area contributed by atoms with Crippen LogP contribution in [0.2, 0.25) is 0 Å². The molecule has 0 unspecified atom stereocenters. The number of para-hydroxylation sites is 2. The van der Waals surface area contributed by atoms with Crippen molar-refractivity contribution in [3.8, 4) is 0 Å². The lowest BCUT2D eigenvalue weighted by molar-refractivity contribution is -0.136. The van der Waals surface area contributed by atoms with Gasteiger partial charge < -0.3 is 10.2 Å². The molecule has 1 N–H and O–H groups in total. The lowest BCUT2D eigenvalue weighted by atomic mass is 10.3. The summed E-state index contributed by atoms with van der Waals surface area (Å²) >= 11 is 0. The first-order valence-electron chi connectivity index (χ1n) is 7.94. The highest BCUT2D eigenvalue weighted by molar-refractivity contribution is 5.85. The molecule has 24 heavy (non-hydrogen) atoms. The van der Waals surface area contributed by atoms with Gasteiger partial charge in [0.2, 0.25) is 11.8 Å². The Morgan fingerprint density at radius 3 is 2.67 bits per heavy atom. The fourth-order valence-corrected chi connectivity index (χ4v) is 2.43. The molecule has 2 aromatic rings. The molecule has 2 amide bonds. The Morgan fingerprint density at radius 2 is 2.00 bits per heavy atom. The maximum absolute atomic E-state index is 12.5. The van der Waals surface area contributed by atoms with Crippen LogP contribution in [0.3, 0.4) is 0 Å². The fourth-order valence-electron chi connectivity index (χ4n) is 2.43. The fraction of sp³-hybridized carbons (Fsp3) is 0.412. The second-order valence-electron chi connectivity index (χ2n) is 5.80. The highest BCUT2D eigenvalue weighted by Crippen LogP contribution is 2.08. The summed E-state index contributed by atoms with van der Waals surface area (Å²) in [6.07, 6.45) is 1.21. The molecular formula is C17H22N4O3. The highest BCUT2D eigenvalue weighted by Gasteiger charge is 2.18. The molecule has 7 heteroatoms. The summed E-state index contributed by atoms with van der Waals surface area (Å²) in [5, 5.41) is 2.76. The number of carbonyl (C=O) groups excluding carboxylic acids is 2. The number of hydrogen-bond donors (Lipinski definition) is 1. The van der Waals surface area contributed by atoms with Crippen molar-refractivity contribution < 1.29 is 9.59 Å². The van der Waals surface area contributed by atoms with E-state index in [-0.39, 0.29) is 36.5 Å². The maximum atomic E-state index is 12.5. The summed E-state index contributed by atoms with van der Waals surface area (Å²) < 4.78 is 1.38. The predicted molar refractivity (Wildman–Crippen MR) is 91.5 cm³/mol. The van der Waals surface area contributed by atoms with Gasteiger partial charge in [0.25, 0.3) is 5.56 Å². The standard InChI is InChI=1S/C17H22N4O3/c1-4-20(10-15(22)19-12(2)3)17(24)11-21-14-8-6-5-7-13(14)18-9-16(21)23/h5-9,12H,4,10-11H2,1-3H3,(H,19,22). The Morgan fingerprint density at radius 1 is 1.29 bits per heavy atom. The summed E-state index contributed by atoms with van der Waals surface area (Å²) in [4.78, 5) is 42.0. The molecule has 0 aliphatic heterocycles. The molecule has 1 aromatic carbocycles. The number of aromatic nitrogens is 2. The SMILES string of the molecule is CCN(CC(=O)NC(C)C)C(=O)Cn1c(=O)cnc2ccccc21. The molecule has 2 rings (SSSR count). The molecule has 1 aromatic heterocycles. The minimum Gasteiger partial charge on any atom is -0.352 e. The normalized spacial score (nSPS) is 10.8. The lowest BCUT2D eigenvalue weighted by Gasteiger charge is -2.22. The van der Waals surface area contributed by atoms with Crippen molar-refractivity contribution in [1.29, 1.82) is 0 Å². The summed E-state index contributed by atoms with van der Waals surface area (Å²) in [5.74, 6) is -0.498. The van der Waals surface area contributed by atoms with E-state index in [1.54, 1.807) is 25.1 Å². The van der Waals surface area contributed by atoms with E-state index in [0.29, 0.717) is 17.6 Å². The second kappa shape index (κ2) is 7.72. The highest BCUT2D eigenvalue weighted by atomic mass is 16.2. The summed E-state index contributed by atoms with van der Waals surface area (Å²) in [6, 6.07) is 7.15. The third-order valence-electron chi connectivity index (χ3n) is 3.56. The van der Waals surface area contributed by atoms with Crippen LogP contribution in [0.5, 0.6) is 0 Å². The third kappa shape index (κ3) is 4.18. The summed E-state index contributed by atoms with van der Waals surface area (Å²) in [5.41, 5.74) is 0.899. The molecule has 0 aliphatic rings. The quantitative estimate of drug-likeness (QED) is 0.848. The second-order valence-corrected chi connectivity index (χ2v) is 5.80. The monoisotopic (exact) mass is 330 g/mol. The van der Waals surface area contributed by atoms with E-state index < -0.39 is 0 Å². The molecule has 0 bridgehead atoms. The van der Waals surface area contributed by atoms with Crippen molar-refractivity contribution in [3.63, 3.8) is 0 Å². The van der Waals surface area contributed by atoms with Crippen LogP contribution >= 0.6 is 0 Å². The van der Waals surface area contributed by atoms with Crippen LogP contribution in [0.4, 0.5) is 0 Å². The van der Waals surface area contributed by atoms with Crippen molar-refractivity contribution >= 4 is 22.8 Å². The van der Waals surface area contributed by atoms with E-state index in [2.05, 4.69) is 10.3 Å². The smallest absolute Gasteiger partial charge is 0.269 e. The average molecular weight is 330 g/mol. The number of hydrogen-bond acceptors (Lipinski definition) is 4. The summed E-state index contributed by atoms with van der Waals surface area (Å²) in [6.45, 7) is 5.77. The van der Waals surface area contributed by atoms with Crippen LogP contribution in [0.25, 0.3) is 11.0 Å². The Hall–Kier alpha value is -2.70. The van der Waals surface area contributed by atoms with Gasteiger partial charge in [-0.25, -0.2) is 4.98 Å². The van der Waals surface area contributed by atoms with Gasteiger partial charge in [0, 0.05) is 12.6 Å². The van der Waals surface area contributed by atoms with Gasteiger partial charge in [0.05, 0.1) is 23.8 Å². The number of fused-ring (bicyclic) bond motifs is 1. The summed E-state index contributed by atoms with van der Waals surface area (Å²) in [7, 11) is 0. The number of carbonyl (C=O) groups is 2. The first kappa shape index (κ1) is 17.7. The van der Waals surface area contributed by atoms with Crippen LogP contribution in [0.1, 0.15) is 20.8 Å². The van der Waals surface area contributed by atoms with Crippen LogP contribution in [-0.4, -0.2) is 45.4 Å². The molecule has 0 spiro atoms. The van der Waals surface area contributed by atoms with E-state index in [1.165, 1.54) is 15.7 Å². The van der Waals surface area contributed by atoms with E-state index >= 15 is 0 Å². The number of likely N-dealkylation sites (N-methyl/N-ethyl adjacent to an activating group) is 1. The predicted octanol–water partition coefficient (Wildman–Crippen LogP) is 0.770. The molecule has 0 aliphatic carbocycles. The van der Waals surface area contributed by atoms with Crippen molar-refractivity contribution in [2.75, 3.05) is 13.1 Å². The number of benzene rings is 1. The van der Waals surface area contributed by atoms with E-state index in [1.807, 2.05) is 19.9 Å². The Balaban J connectivity index is 2.20. The molecule has 7 nitrogen and oxygen atoms in total. The van der Waals surface area contributed by atoms with E-state index in [4.69, 9.17) is 0 Å². The van der Waals surface area contributed by atoms with Gasteiger partial charge in [0.1, 0.15) is 6.54 Å². The van der Waals surface area contributed by atoms with Gasteiger partial charge in [0.15, 0.2) is 0 Å². The zero-order valence-corrected chi connectivity index (χ0v) is 14.2. The zero-order valence-electron chi connectivity index (χ0n) is 14.2. The molecule has 1 heterocycles. The molecular weight excluding hydrogens is 308 g/mol. The first-order valence-corrected chi connectivity index (χ1v) is 7.94. The van der Waals surface area contributed by atoms with Gasteiger partial charge >= 0.3 is 0 Å². The average Bonchev–Trinajstić information content (AvgIpc) is 2.54. The largest absolute Gasteiger partial charge is 0.352 e. The molecule has 0 saturated heterocycles. The van der Waals surface area contributed by atoms with Crippen LogP contribution in [0, 0.1) is 0 Å². The van der Waals surface area contributed by atoms with Gasteiger partial charge in [-0.15, -0.1) is 0 Å². The van der Waals surface area contributed by atoms with Gasteiger partial charge in [-0.1, -0.05) is 12.1 Å². The Kier molecular flexibility index (Phi) is 5.68. The number of amides is 2. The van der Waals surface area contributed by atoms with E-state index in [0.717, 1.165) is 0 Å². The first-order chi connectivity index (χ1) is 11.4. The minimum absolute atomic E-state index is 0.0121. The van der Waals surface area contributed by atoms with Gasteiger partial charge in [-0.2, -0.15) is 0 Å². The van der Waals surface area contributed by atoms with Crippen molar-refractivity contribution in [3.05, 3.63) is 40.8 Å². The molecule has 0 radical (unpaired) electrons. The molecule has 0 atom stereocenters. The van der Waals surface area contributed by atoms with Crippen LogP contribution < -0.4 is 10.9 Å². The Labute approximate surface area is 140 Å². The molecule has 0 saturated carbocycles. The number of nitrogens with zero attached hydrogens (tertiary/aromatic N) is 3. The molecule has 128 valence electrons.